The van der Waals surface area contributed by atoms with E-state index < -0.39 is 12.6 Å². The molecule has 0 saturated heterocycles. The van der Waals surface area contributed by atoms with Gasteiger partial charge in [0, 0.05) is 0 Å². The Labute approximate surface area is 70.4 Å². The number of halogens is 1. The highest BCUT2D eigenvalue weighted by molar-refractivity contribution is 5.87. The maximum Gasteiger partial charge on any atom is 0.353 e. The van der Waals surface area contributed by atoms with Crippen molar-refractivity contribution in [3.8, 4) is 0 Å². The smallest absolute Gasteiger partial charge is 0.353 e. The molecule has 0 saturated carbocycles. The van der Waals surface area contributed by atoms with Crippen LogP contribution in [0.15, 0.2) is 11.8 Å². The van der Waals surface area contributed by atoms with E-state index >= 15 is 0 Å². The van der Waals surface area contributed by atoms with Crippen LogP contribution >= 0.6 is 0 Å². The molecular weight excluding hydrogens is 163 g/mol. The maximum absolute atomic E-state index is 11.5. The van der Waals surface area contributed by atoms with E-state index in [0.717, 1.165) is 0 Å². The quantitative estimate of drug-likeness (QED) is 0.445. The summed E-state index contributed by atoms with van der Waals surface area (Å²) in [6.45, 7) is -0.539. The zero-order chi connectivity index (χ0) is 9.40. The summed E-state index contributed by atoms with van der Waals surface area (Å²) in [6.07, 6.45) is 1.97. The molecule has 0 aliphatic rings. The summed E-state index contributed by atoms with van der Waals surface area (Å²) in [6, 6.07) is 0. The topological polar surface area (TPSA) is 78.3 Å². The highest BCUT2D eigenvalue weighted by Gasteiger charge is 2.04. The van der Waals surface area contributed by atoms with Gasteiger partial charge in [0.1, 0.15) is 19.0 Å². The minimum atomic E-state index is -0.699. The van der Waals surface area contributed by atoms with E-state index in [9.17, 15) is 9.18 Å². The summed E-state index contributed by atoms with van der Waals surface area (Å²) in [4.78, 5) is 10.8. The predicted molar refractivity (Wildman–Crippen MR) is 42.9 cm³/mol. The highest BCUT2D eigenvalue weighted by Crippen LogP contribution is 1.91. The maximum atomic E-state index is 11.5. The number of hydrogen-bond donors (Lipinski definition) is 2. The van der Waals surface area contributed by atoms with Crippen LogP contribution in [0.4, 0.5) is 4.39 Å². The zero-order valence-electron chi connectivity index (χ0n) is 6.75. The molecule has 0 aromatic rings. The molecule has 0 rings (SSSR count). The average molecular weight is 176 g/mol. The fraction of sp³-hybridized carbons (Fsp3) is 0.571. The van der Waals surface area contributed by atoms with Gasteiger partial charge < -0.3 is 16.2 Å². The van der Waals surface area contributed by atoms with Crippen molar-refractivity contribution in [1.82, 2.24) is 0 Å². The van der Waals surface area contributed by atoms with E-state index in [-0.39, 0.29) is 12.3 Å². The number of hydrogen-bond acceptors (Lipinski definition) is 4. The molecule has 4 N–H and O–H groups in total. The van der Waals surface area contributed by atoms with Crippen molar-refractivity contribution < 1.29 is 13.9 Å². The number of carbonyl (C=O) groups excluding carboxylic acids is 1. The van der Waals surface area contributed by atoms with Gasteiger partial charge in [0.15, 0.2) is 0 Å². The van der Waals surface area contributed by atoms with Gasteiger partial charge in [0.05, 0.1) is 0 Å². The van der Waals surface area contributed by atoms with Crippen molar-refractivity contribution in [3.05, 3.63) is 11.8 Å². The van der Waals surface area contributed by atoms with Crippen molar-refractivity contribution in [3.63, 3.8) is 0 Å². The van der Waals surface area contributed by atoms with Crippen molar-refractivity contribution >= 4 is 5.97 Å². The Kier molecular flexibility index (Phi) is 6.00. The number of nitrogens with two attached hydrogens (primary N) is 2. The van der Waals surface area contributed by atoms with Crippen LogP contribution in [0.1, 0.15) is 6.42 Å². The minimum Gasteiger partial charge on any atom is -0.458 e. The second-order valence-corrected chi connectivity index (χ2v) is 2.06. The van der Waals surface area contributed by atoms with Crippen molar-refractivity contribution in [2.24, 2.45) is 11.5 Å². The van der Waals surface area contributed by atoms with Crippen LogP contribution in [0, 0.1) is 0 Å². The van der Waals surface area contributed by atoms with Crippen molar-refractivity contribution in [2.75, 3.05) is 19.8 Å². The van der Waals surface area contributed by atoms with Gasteiger partial charge in [-0.15, -0.1) is 0 Å². The Hall–Kier alpha value is -1.10. The summed E-state index contributed by atoms with van der Waals surface area (Å²) in [5, 5.41) is 0. The van der Waals surface area contributed by atoms with E-state index in [4.69, 9.17) is 11.5 Å². The first-order valence-corrected chi connectivity index (χ1v) is 3.61. The van der Waals surface area contributed by atoms with Crippen LogP contribution in [0.3, 0.4) is 0 Å². The second kappa shape index (κ2) is 6.60. The molecule has 0 spiro atoms. The van der Waals surface area contributed by atoms with Crippen LogP contribution in [-0.2, 0) is 9.53 Å². The number of carbonyl (C=O) groups is 1. The third kappa shape index (κ3) is 4.68. The molecule has 5 heteroatoms. The van der Waals surface area contributed by atoms with Gasteiger partial charge in [0.25, 0.3) is 0 Å². The first-order chi connectivity index (χ1) is 5.72. The fourth-order valence-electron chi connectivity index (χ4n) is 0.537. The SMILES string of the molecule is NCC/C=C(\N)C(=O)OCCF. The minimum absolute atomic E-state index is 0.0195. The predicted octanol–water partition coefficient (Wildman–Crippen LogP) is -0.310. The zero-order valence-corrected chi connectivity index (χ0v) is 6.75. The van der Waals surface area contributed by atoms with Crippen LogP contribution in [0.2, 0.25) is 0 Å². The van der Waals surface area contributed by atoms with Crippen LogP contribution < -0.4 is 11.5 Å². The van der Waals surface area contributed by atoms with Gasteiger partial charge in [0.2, 0.25) is 0 Å². The molecule has 0 atom stereocenters. The molecule has 0 heterocycles. The monoisotopic (exact) mass is 176 g/mol. The molecule has 0 aromatic heterocycles. The Morgan fingerprint density at radius 1 is 1.58 bits per heavy atom. The number of alkyl halides is 1. The molecule has 0 bridgehead atoms. The molecule has 4 nitrogen and oxygen atoms in total. The summed E-state index contributed by atoms with van der Waals surface area (Å²) >= 11 is 0. The largest absolute Gasteiger partial charge is 0.458 e. The molecule has 0 radical (unpaired) electrons. The molecule has 0 amide bonds. The number of rotatable bonds is 5. The van der Waals surface area contributed by atoms with Gasteiger partial charge >= 0.3 is 5.97 Å². The standard InChI is InChI=1S/C7H13FN2O2/c8-3-5-12-7(11)6(10)2-1-4-9/h2H,1,3-5,9-10H2/b6-2-. The number of esters is 1. The lowest BCUT2D eigenvalue weighted by atomic mass is 10.3. The Bertz CT molecular complexity index is 171. The van der Waals surface area contributed by atoms with Crippen molar-refractivity contribution in [2.45, 2.75) is 6.42 Å². The molecule has 0 aliphatic carbocycles. The fourth-order valence-corrected chi connectivity index (χ4v) is 0.537. The van der Waals surface area contributed by atoms with Gasteiger partial charge in [-0.1, -0.05) is 6.08 Å². The third-order valence-electron chi connectivity index (χ3n) is 1.08. The van der Waals surface area contributed by atoms with Gasteiger partial charge in [-0.3, -0.25) is 0 Å². The molecule has 0 fully saturated rings. The molecule has 12 heavy (non-hydrogen) atoms. The van der Waals surface area contributed by atoms with E-state index in [2.05, 4.69) is 4.74 Å². The summed E-state index contributed by atoms with van der Waals surface area (Å²) in [5.74, 6) is -0.693. The van der Waals surface area contributed by atoms with E-state index in [1.54, 1.807) is 0 Å². The third-order valence-corrected chi connectivity index (χ3v) is 1.08. The normalized spacial score (nSPS) is 11.3. The van der Waals surface area contributed by atoms with Crippen LogP contribution in [0.25, 0.3) is 0 Å². The van der Waals surface area contributed by atoms with Crippen LogP contribution in [0.5, 0.6) is 0 Å². The van der Waals surface area contributed by atoms with Crippen molar-refractivity contribution in [1.29, 1.82) is 0 Å². The van der Waals surface area contributed by atoms with Crippen LogP contribution in [-0.4, -0.2) is 25.8 Å². The van der Waals surface area contributed by atoms with Gasteiger partial charge in [-0.2, -0.15) is 0 Å². The Balaban J connectivity index is 3.75. The highest BCUT2D eigenvalue weighted by atomic mass is 19.1. The van der Waals surface area contributed by atoms with Gasteiger partial charge in [-0.25, -0.2) is 9.18 Å². The lowest BCUT2D eigenvalue weighted by Crippen LogP contribution is -2.16. The first-order valence-electron chi connectivity index (χ1n) is 3.61. The molecule has 0 aromatic carbocycles. The molecule has 0 unspecified atom stereocenters. The first kappa shape index (κ1) is 10.9. The summed E-state index contributed by atoms with van der Waals surface area (Å²) in [7, 11) is 0. The molecule has 70 valence electrons. The Morgan fingerprint density at radius 3 is 2.75 bits per heavy atom. The lowest BCUT2D eigenvalue weighted by Gasteiger charge is -2.01. The van der Waals surface area contributed by atoms with E-state index in [1.165, 1.54) is 6.08 Å². The van der Waals surface area contributed by atoms with E-state index in [0.29, 0.717) is 13.0 Å². The van der Waals surface area contributed by atoms with Gasteiger partial charge in [-0.05, 0) is 13.0 Å². The summed E-state index contributed by atoms with van der Waals surface area (Å²) < 4.78 is 15.9. The summed E-state index contributed by atoms with van der Waals surface area (Å²) in [5.41, 5.74) is 10.4. The average Bonchev–Trinajstić information content (AvgIpc) is 2.10. The molecule has 0 aliphatic heterocycles. The number of ether oxygens (including phenoxy) is 1. The lowest BCUT2D eigenvalue weighted by molar-refractivity contribution is -0.139. The second-order valence-electron chi connectivity index (χ2n) is 2.06. The van der Waals surface area contributed by atoms with E-state index in [1.807, 2.05) is 0 Å². The Morgan fingerprint density at radius 2 is 2.25 bits per heavy atom. The molecular formula is C7H13FN2O2.